The smallest absolute Gasteiger partial charge is 0.104 e. The van der Waals surface area contributed by atoms with Crippen LogP contribution >= 0.6 is 0 Å². The molecule has 2 rings (SSSR count). The van der Waals surface area contributed by atoms with E-state index in [0.717, 1.165) is 24.8 Å². The van der Waals surface area contributed by atoms with Gasteiger partial charge in [-0.05, 0) is 78.3 Å². The minimum Gasteiger partial charge on any atom is -0.303 e. The van der Waals surface area contributed by atoms with Gasteiger partial charge in [0, 0.05) is 12.1 Å². The number of nitrogens with one attached hydrogen (secondary N) is 1. The van der Waals surface area contributed by atoms with Crippen LogP contribution in [0.4, 0.5) is 0 Å². The molecule has 2 fully saturated rings. The Bertz CT molecular complexity index is 327. The van der Waals surface area contributed by atoms with Crippen molar-refractivity contribution < 1.29 is 0 Å². The maximum atomic E-state index is 9.32. The van der Waals surface area contributed by atoms with Gasteiger partial charge in [0.1, 0.15) is 5.54 Å². The Morgan fingerprint density at radius 1 is 1.32 bits per heavy atom. The highest BCUT2D eigenvalue weighted by Crippen LogP contribution is 2.34. The SMILES string of the molecule is CC(C1CC1)N(C)CCCCC(C)(C#N)NC1CC1. The minimum absolute atomic E-state index is 0.304. The molecule has 0 aromatic carbocycles. The molecule has 2 unspecified atom stereocenters. The Morgan fingerprint density at radius 3 is 2.53 bits per heavy atom. The molecule has 0 radical (unpaired) electrons. The molecule has 108 valence electrons. The third-order valence-corrected chi connectivity index (χ3v) is 4.78. The zero-order valence-corrected chi connectivity index (χ0v) is 12.8. The van der Waals surface area contributed by atoms with Crippen LogP contribution in [-0.2, 0) is 0 Å². The van der Waals surface area contributed by atoms with Gasteiger partial charge in [-0.3, -0.25) is 5.32 Å². The Kier molecular flexibility index (Phi) is 4.86. The van der Waals surface area contributed by atoms with Gasteiger partial charge in [0.05, 0.1) is 6.07 Å². The highest BCUT2D eigenvalue weighted by Gasteiger charge is 2.32. The van der Waals surface area contributed by atoms with Crippen molar-refractivity contribution in [2.24, 2.45) is 5.92 Å². The average Bonchev–Trinajstić information content (AvgIpc) is 3.26. The summed E-state index contributed by atoms with van der Waals surface area (Å²) < 4.78 is 0. The van der Waals surface area contributed by atoms with Crippen LogP contribution in [0.25, 0.3) is 0 Å². The normalized spacial score (nSPS) is 23.9. The van der Waals surface area contributed by atoms with Crippen LogP contribution in [0.3, 0.4) is 0 Å². The predicted octanol–water partition coefficient (Wildman–Crippen LogP) is 2.92. The van der Waals surface area contributed by atoms with Gasteiger partial charge in [-0.15, -0.1) is 0 Å². The summed E-state index contributed by atoms with van der Waals surface area (Å²) in [5.41, 5.74) is -0.304. The fourth-order valence-corrected chi connectivity index (χ4v) is 2.82. The molecule has 0 aromatic heterocycles. The van der Waals surface area contributed by atoms with Crippen molar-refractivity contribution in [2.45, 2.75) is 76.4 Å². The van der Waals surface area contributed by atoms with Crippen molar-refractivity contribution >= 4 is 0 Å². The topological polar surface area (TPSA) is 39.1 Å². The molecule has 3 heteroatoms. The van der Waals surface area contributed by atoms with Crippen molar-refractivity contribution in [1.29, 1.82) is 5.26 Å². The monoisotopic (exact) mass is 263 g/mol. The molecule has 2 atom stereocenters. The standard InChI is InChI=1S/C16H29N3/c1-13(14-6-7-14)19(3)11-5-4-10-16(2,12-17)18-15-8-9-15/h13-15,18H,4-11H2,1-3H3. The third-order valence-electron chi connectivity index (χ3n) is 4.78. The highest BCUT2D eigenvalue weighted by atomic mass is 15.1. The predicted molar refractivity (Wildman–Crippen MR) is 78.8 cm³/mol. The summed E-state index contributed by atoms with van der Waals surface area (Å²) in [5.74, 6) is 0.950. The molecule has 0 amide bonds. The van der Waals surface area contributed by atoms with Crippen LogP contribution in [0.2, 0.25) is 0 Å². The summed E-state index contributed by atoms with van der Waals surface area (Å²) in [6.07, 6.45) is 8.67. The van der Waals surface area contributed by atoms with E-state index in [4.69, 9.17) is 0 Å². The van der Waals surface area contributed by atoms with Crippen LogP contribution in [0.1, 0.15) is 58.8 Å². The fraction of sp³-hybridized carbons (Fsp3) is 0.938. The van der Waals surface area contributed by atoms with Crippen molar-refractivity contribution in [1.82, 2.24) is 10.2 Å². The van der Waals surface area contributed by atoms with E-state index < -0.39 is 0 Å². The van der Waals surface area contributed by atoms with Gasteiger partial charge in [0.2, 0.25) is 0 Å². The number of rotatable bonds is 9. The first-order chi connectivity index (χ1) is 9.04. The van der Waals surface area contributed by atoms with Gasteiger partial charge in [-0.1, -0.05) is 0 Å². The second-order valence-corrected chi connectivity index (χ2v) is 6.88. The Morgan fingerprint density at radius 2 is 2.00 bits per heavy atom. The van der Waals surface area contributed by atoms with Gasteiger partial charge in [-0.25, -0.2) is 0 Å². The van der Waals surface area contributed by atoms with Crippen LogP contribution < -0.4 is 5.32 Å². The zero-order valence-electron chi connectivity index (χ0n) is 12.8. The van der Waals surface area contributed by atoms with Crippen molar-refractivity contribution in [3.8, 4) is 6.07 Å². The molecule has 19 heavy (non-hydrogen) atoms. The molecular weight excluding hydrogens is 234 g/mol. The highest BCUT2D eigenvalue weighted by molar-refractivity contribution is 5.06. The second kappa shape index (κ2) is 6.24. The maximum absolute atomic E-state index is 9.32. The van der Waals surface area contributed by atoms with Crippen LogP contribution in [0, 0.1) is 17.2 Å². The van der Waals surface area contributed by atoms with Gasteiger partial charge in [0.25, 0.3) is 0 Å². The Balaban J connectivity index is 1.60. The summed E-state index contributed by atoms with van der Waals surface area (Å²) in [5, 5.41) is 12.8. The molecule has 0 bridgehead atoms. The van der Waals surface area contributed by atoms with E-state index in [2.05, 4.69) is 37.2 Å². The lowest BCUT2D eigenvalue weighted by atomic mass is 9.96. The average molecular weight is 263 g/mol. The summed E-state index contributed by atoms with van der Waals surface area (Å²) in [6.45, 7) is 5.58. The van der Waals surface area contributed by atoms with Gasteiger partial charge in [0.15, 0.2) is 0 Å². The lowest BCUT2D eigenvalue weighted by Gasteiger charge is -2.26. The van der Waals surface area contributed by atoms with Gasteiger partial charge < -0.3 is 4.90 Å². The molecule has 0 spiro atoms. The van der Waals surface area contributed by atoms with Crippen LogP contribution in [-0.4, -0.2) is 36.1 Å². The van der Waals surface area contributed by atoms with Crippen molar-refractivity contribution in [3.05, 3.63) is 0 Å². The molecule has 2 aliphatic rings. The molecule has 0 heterocycles. The van der Waals surface area contributed by atoms with E-state index in [0.29, 0.717) is 6.04 Å². The fourth-order valence-electron chi connectivity index (χ4n) is 2.82. The van der Waals surface area contributed by atoms with E-state index >= 15 is 0 Å². The first-order valence-corrected chi connectivity index (χ1v) is 7.93. The molecule has 0 aromatic rings. The number of nitrogens with zero attached hydrogens (tertiary/aromatic N) is 2. The minimum atomic E-state index is -0.304. The largest absolute Gasteiger partial charge is 0.303 e. The molecular formula is C16H29N3. The van der Waals surface area contributed by atoms with E-state index in [1.807, 2.05) is 0 Å². The number of nitriles is 1. The molecule has 0 saturated heterocycles. The van der Waals surface area contributed by atoms with E-state index in [1.165, 1.54) is 38.6 Å². The van der Waals surface area contributed by atoms with Crippen molar-refractivity contribution in [3.63, 3.8) is 0 Å². The van der Waals surface area contributed by atoms with Crippen LogP contribution in [0.15, 0.2) is 0 Å². The molecule has 0 aliphatic heterocycles. The summed E-state index contributed by atoms with van der Waals surface area (Å²) in [7, 11) is 2.24. The number of unbranched alkanes of at least 4 members (excludes halogenated alkanes) is 1. The lowest BCUT2D eigenvalue weighted by Crippen LogP contribution is -2.42. The first-order valence-electron chi connectivity index (χ1n) is 7.93. The summed E-state index contributed by atoms with van der Waals surface area (Å²) >= 11 is 0. The Labute approximate surface area is 118 Å². The quantitative estimate of drug-likeness (QED) is 0.650. The molecule has 2 aliphatic carbocycles. The van der Waals surface area contributed by atoms with E-state index in [9.17, 15) is 5.26 Å². The first kappa shape index (κ1) is 14.8. The molecule has 3 nitrogen and oxygen atoms in total. The van der Waals surface area contributed by atoms with Crippen LogP contribution in [0.5, 0.6) is 0 Å². The number of hydrogen-bond donors (Lipinski definition) is 1. The van der Waals surface area contributed by atoms with E-state index in [1.54, 1.807) is 0 Å². The summed E-state index contributed by atoms with van der Waals surface area (Å²) in [4.78, 5) is 2.50. The van der Waals surface area contributed by atoms with Crippen molar-refractivity contribution in [2.75, 3.05) is 13.6 Å². The van der Waals surface area contributed by atoms with Gasteiger partial charge >= 0.3 is 0 Å². The Hall–Kier alpha value is -0.590. The number of hydrogen-bond acceptors (Lipinski definition) is 3. The second-order valence-electron chi connectivity index (χ2n) is 6.88. The maximum Gasteiger partial charge on any atom is 0.104 e. The third kappa shape index (κ3) is 4.78. The van der Waals surface area contributed by atoms with Gasteiger partial charge in [-0.2, -0.15) is 5.26 Å². The zero-order chi connectivity index (χ0) is 13.9. The lowest BCUT2D eigenvalue weighted by molar-refractivity contribution is 0.227. The summed E-state index contributed by atoms with van der Waals surface area (Å²) in [6, 6.07) is 3.82. The molecule has 2 saturated carbocycles. The van der Waals surface area contributed by atoms with E-state index in [-0.39, 0.29) is 5.54 Å². The molecule has 1 N–H and O–H groups in total.